The molecule has 38 heavy (non-hydrogen) atoms. The van der Waals surface area contributed by atoms with Crippen LogP contribution < -0.4 is 4.74 Å². The number of imidazole rings is 1. The number of hydrogen-bond donors (Lipinski definition) is 1. The molecule has 1 aliphatic carbocycles. The van der Waals surface area contributed by atoms with Crippen molar-refractivity contribution in [3.05, 3.63) is 102 Å². The van der Waals surface area contributed by atoms with Crippen molar-refractivity contribution in [3.63, 3.8) is 0 Å². The average Bonchev–Trinajstić information content (AvgIpc) is 3.31. The van der Waals surface area contributed by atoms with E-state index in [1.165, 1.54) is 12.1 Å². The molecule has 0 amide bonds. The fraction of sp³-hybridized carbons (Fsp3) is 0.233. The summed E-state index contributed by atoms with van der Waals surface area (Å²) in [6.45, 7) is 4.15. The number of hydrogen-bond acceptors (Lipinski definition) is 4. The Morgan fingerprint density at radius 1 is 1.00 bits per heavy atom. The van der Waals surface area contributed by atoms with Crippen molar-refractivity contribution < 1.29 is 23.4 Å². The summed E-state index contributed by atoms with van der Waals surface area (Å²) in [6, 6.07) is 20.7. The van der Waals surface area contributed by atoms with Gasteiger partial charge in [-0.05, 0) is 35.7 Å². The Labute approximate surface area is 217 Å². The highest BCUT2D eigenvalue weighted by atomic mass is 19.1. The third kappa shape index (κ3) is 4.16. The van der Waals surface area contributed by atoms with Gasteiger partial charge in [-0.3, -0.25) is 4.79 Å². The molecule has 1 saturated carbocycles. The highest BCUT2D eigenvalue weighted by Crippen LogP contribution is 2.64. The lowest BCUT2D eigenvalue weighted by molar-refractivity contribution is -0.139. The van der Waals surface area contributed by atoms with Gasteiger partial charge >= 0.3 is 5.97 Å². The van der Waals surface area contributed by atoms with Crippen LogP contribution >= 0.6 is 0 Å². The SMILES string of the molecule is CC1(C)C(c2nc3cc(OCc4ccc5ccccc5n4)ccc3n2Cc2ccc(F)cc2F)[C@@H]1C(=O)O. The Morgan fingerprint density at radius 2 is 1.82 bits per heavy atom. The maximum Gasteiger partial charge on any atom is 0.307 e. The maximum absolute atomic E-state index is 14.6. The molecular weight excluding hydrogens is 488 g/mol. The number of halogens is 2. The number of para-hydroxylation sites is 1. The molecule has 5 aromatic rings. The second kappa shape index (κ2) is 8.90. The third-order valence-corrected chi connectivity index (χ3v) is 7.51. The fourth-order valence-corrected chi connectivity index (χ4v) is 5.37. The largest absolute Gasteiger partial charge is 0.487 e. The normalized spacial score (nSPS) is 18.1. The molecule has 2 aromatic heterocycles. The average molecular weight is 514 g/mol. The Balaban J connectivity index is 1.34. The van der Waals surface area contributed by atoms with Gasteiger partial charge in [-0.15, -0.1) is 0 Å². The molecule has 2 atom stereocenters. The number of rotatable bonds is 7. The van der Waals surface area contributed by atoms with Crippen molar-refractivity contribution in [3.8, 4) is 5.75 Å². The number of pyridine rings is 1. The van der Waals surface area contributed by atoms with Crippen LogP contribution in [-0.4, -0.2) is 25.6 Å². The summed E-state index contributed by atoms with van der Waals surface area (Å²) in [5.74, 6) is -2.01. The van der Waals surface area contributed by atoms with Gasteiger partial charge in [-0.1, -0.05) is 44.2 Å². The third-order valence-electron chi connectivity index (χ3n) is 7.51. The molecule has 1 unspecified atom stereocenters. The van der Waals surface area contributed by atoms with E-state index in [4.69, 9.17) is 9.72 Å². The molecular formula is C30H25F2N3O3. The zero-order valence-electron chi connectivity index (χ0n) is 20.9. The molecule has 192 valence electrons. The summed E-state index contributed by atoms with van der Waals surface area (Å²) in [5.41, 5.74) is 2.78. The van der Waals surface area contributed by atoms with E-state index in [-0.39, 0.29) is 19.1 Å². The molecule has 1 N–H and O–H groups in total. The van der Waals surface area contributed by atoms with Crippen LogP contribution in [0.1, 0.15) is 36.8 Å². The molecule has 3 aromatic carbocycles. The number of aliphatic carboxylic acids is 1. The van der Waals surface area contributed by atoms with Crippen LogP contribution in [0.25, 0.3) is 21.9 Å². The zero-order chi connectivity index (χ0) is 26.6. The lowest BCUT2D eigenvalue weighted by atomic mass is 10.1. The van der Waals surface area contributed by atoms with Crippen LogP contribution in [0.2, 0.25) is 0 Å². The van der Waals surface area contributed by atoms with Gasteiger partial charge in [0.25, 0.3) is 0 Å². The van der Waals surface area contributed by atoms with Gasteiger partial charge in [-0.2, -0.15) is 0 Å². The lowest BCUT2D eigenvalue weighted by Crippen LogP contribution is -2.08. The van der Waals surface area contributed by atoms with E-state index in [1.54, 1.807) is 12.1 Å². The molecule has 0 bridgehead atoms. The van der Waals surface area contributed by atoms with Crippen LogP contribution in [0.4, 0.5) is 8.78 Å². The summed E-state index contributed by atoms with van der Waals surface area (Å²) in [5, 5.41) is 10.8. The van der Waals surface area contributed by atoms with Crippen molar-refractivity contribution in [2.24, 2.45) is 11.3 Å². The van der Waals surface area contributed by atoms with E-state index < -0.39 is 28.9 Å². The summed E-state index contributed by atoms with van der Waals surface area (Å²) in [4.78, 5) is 21.4. The van der Waals surface area contributed by atoms with Gasteiger partial charge in [0.1, 0.15) is 29.8 Å². The molecule has 0 saturated heterocycles. The number of ether oxygens (including phenoxy) is 1. The second-order valence-corrected chi connectivity index (χ2v) is 10.3. The minimum atomic E-state index is -0.890. The minimum absolute atomic E-state index is 0.0953. The number of benzene rings is 3. The first-order valence-corrected chi connectivity index (χ1v) is 12.4. The van der Waals surface area contributed by atoms with Gasteiger partial charge in [0.2, 0.25) is 0 Å². The molecule has 0 radical (unpaired) electrons. The minimum Gasteiger partial charge on any atom is -0.487 e. The number of carboxylic acids is 1. The summed E-state index contributed by atoms with van der Waals surface area (Å²) in [7, 11) is 0. The number of carboxylic acid groups (broad SMARTS) is 1. The Hall–Kier alpha value is -4.33. The highest BCUT2D eigenvalue weighted by molar-refractivity contribution is 5.81. The molecule has 1 aliphatic rings. The van der Waals surface area contributed by atoms with Crippen LogP contribution in [0.15, 0.2) is 72.8 Å². The smallest absolute Gasteiger partial charge is 0.307 e. The van der Waals surface area contributed by atoms with Gasteiger partial charge in [0.05, 0.1) is 34.7 Å². The fourth-order valence-electron chi connectivity index (χ4n) is 5.37. The predicted molar refractivity (Wildman–Crippen MR) is 139 cm³/mol. The van der Waals surface area contributed by atoms with Gasteiger partial charge in [0.15, 0.2) is 0 Å². The monoisotopic (exact) mass is 513 g/mol. The van der Waals surface area contributed by atoms with Crippen LogP contribution in [0.5, 0.6) is 5.75 Å². The van der Waals surface area contributed by atoms with E-state index in [0.29, 0.717) is 28.2 Å². The lowest BCUT2D eigenvalue weighted by Gasteiger charge is -2.12. The second-order valence-electron chi connectivity index (χ2n) is 10.3. The van der Waals surface area contributed by atoms with E-state index in [2.05, 4.69) is 4.98 Å². The van der Waals surface area contributed by atoms with Crippen molar-refractivity contribution >= 4 is 27.9 Å². The first kappa shape index (κ1) is 24.0. The molecule has 0 spiro atoms. The topological polar surface area (TPSA) is 77.2 Å². The van der Waals surface area contributed by atoms with Crippen molar-refractivity contribution in [1.29, 1.82) is 0 Å². The van der Waals surface area contributed by atoms with E-state index in [9.17, 15) is 18.7 Å². The first-order chi connectivity index (χ1) is 18.2. The van der Waals surface area contributed by atoms with E-state index in [1.807, 2.05) is 60.9 Å². The number of fused-ring (bicyclic) bond motifs is 2. The zero-order valence-corrected chi connectivity index (χ0v) is 20.9. The van der Waals surface area contributed by atoms with Gasteiger partial charge in [-0.25, -0.2) is 18.7 Å². The maximum atomic E-state index is 14.6. The Bertz CT molecular complexity index is 1710. The molecule has 6 rings (SSSR count). The van der Waals surface area contributed by atoms with E-state index >= 15 is 0 Å². The molecule has 1 fully saturated rings. The van der Waals surface area contributed by atoms with Crippen LogP contribution in [0, 0.1) is 23.0 Å². The number of nitrogens with zero attached hydrogens (tertiary/aromatic N) is 3. The Morgan fingerprint density at radius 3 is 2.58 bits per heavy atom. The molecule has 8 heteroatoms. The van der Waals surface area contributed by atoms with Gasteiger partial charge in [0, 0.05) is 29.0 Å². The van der Waals surface area contributed by atoms with Crippen molar-refractivity contribution in [2.75, 3.05) is 0 Å². The van der Waals surface area contributed by atoms with Crippen molar-refractivity contribution in [2.45, 2.75) is 32.9 Å². The summed E-state index contributed by atoms with van der Waals surface area (Å²) in [6.07, 6.45) is 0. The quantitative estimate of drug-likeness (QED) is 0.276. The number of carbonyl (C=O) groups is 1. The first-order valence-electron chi connectivity index (χ1n) is 12.4. The van der Waals surface area contributed by atoms with Crippen molar-refractivity contribution in [1.82, 2.24) is 14.5 Å². The standard InChI is InChI=1S/C30H25F2N3O3/c1-30(2)26(27(30)29(36)37)28-34-24-14-21(38-16-20-10-8-17-5-3-4-6-23(17)33-20)11-12-25(24)35(28)15-18-7-9-19(31)13-22(18)32/h3-14,26-27H,15-16H2,1-2H3,(H,36,37)/t26?,27-/m1/s1. The molecule has 6 nitrogen and oxygen atoms in total. The highest BCUT2D eigenvalue weighted by Gasteiger charge is 2.64. The van der Waals surface area contributed by atoms with Crippen LogP contribution in [-0.2, 0) is 17.9 Å². The summed E-state index contributed by atoms with van der Waals surface area (Å²) >= 11 is 0. The molecule has 0 aliphatic heterocycles. The predicted octanol–water partition coefficient (Wildman–Crippen LogP) is 6.31. The van der Waals surface area contributed by atoms with Crippen LogP contribution in [0.3, 0.4) is 0 Å². The molecule has 2 heterocycles. The Kier molecular flexibility index (Phi) is 5.63. The van der Waals surface area contributed by atoms with Gasteiger partial charge < -0.3 is 14.4 Å². The van der Waals surface area contributed by atoms with E-state index in [0.717, 1.165) is 22.7 Å². The summed E-state index contributed by atoms with van der Waals surface area (Å²) < 4.78 is 35.9. The number of aromatic nitrogens is 3.